The van der Waals surface area contributed by atoms with Crippen LogP contribution in [0.3, 0.4) is 0 Å². The lowest BCUT2D eigenvalue weighted by molar-refractivity contribution is -0.181. The summed E-state index contributed by atoms with van der Waals surface area (Å²) in [6.45, 7) is 6.59. The van der Waals surface area contributed by atoms with Gasteiger partial charge in [0.15, 0.2) is 5.79 Å². The van der Waals surface area contributed by atoms with Gasteiger partial charge in [0.25, 0.3) is 5.91 Å². The summed E-state index contributed by atoms with van der Waals surface area (Å²) in [5.41, 5.74) is 3.76. The number of rotatable bonds is 3. The molecule has 3 heterocycles. The zero-order valence-electron chi connectivity index (χ0n) is 15.7. The molecule has 0 radical (unpaired) electrons. The molecule has 142 valence electrons. The molecule has 2 saturated heterocycles. The number of likely N-dealkylation sites (tertiary alicyclic amines) is 1. The standard InChI is InChI=1S/C20H24N4O3/c1-14-9-15(2)11-17(10-14)23-19-21-12-16(13-22-19)18(25)24-5-3-20(4-6-24)26-7-8-27-20/h9-13H,3-8H2,1-2H3,(H,21,22,23). The first-order valence-electron chi connectivity index (χ1n) is 9.28. The second-order valence-electron chi connectivity index (χ2n) is 7.20. The lowest BCUT2D eigenvalue weighted by atomic mass is 10.0. The highest BCUT2D eigenvalue weighted by molar-refractivity contribution is 5.93. The number of piperidine rings is 1. The first-order valence-corrected chi connectivity index (χ1v) is 9.28. The first-order chi connectivity index (χ1) is 13.0. The van der Waals surface area contributed by atoms with E-state index in [4.69, 9.17) is 9.47 Å². The van der Waals surface area contributed by atoms with Crippen molar-refractivity contribution in [2.24, 2.45) is 0 Å². The molecule has 27 heavy (non-hydrogen) atoms. The van der Waals surface area contributed by atoms with Crippen molar-refractivity contribution in [3.05, 3.63) is 47.3 Å². The van der Waals surface area contributed by atoms with Gasteiger partial charge in [-0.2, -0.15) is 0 Å². The van der Waals surface area contributed by atoms with Gasteiger partial charge < -0.3 is 19.7 Å². The summed E-state index contributed by atoms with van der Waals surface area (Å²) in [7, 11) is 0. The Bertz CT molecular complexity index is 801. The predicted molar refractivity (Wildman–Crippen MR) is 101 cm³/mol. The van der Waals surface area contributed by atoms with Crippen LogP contribution in [-0.2, 0) is 9.47 Å². The number of anilines is 2. The minimum absolute atomic E-state index is 0.0548. The van der Waals surface area contributed by atoms with Crippen LogP contribution in [0.4, 0.5) is 11.6 Å². The highest BCUT2D eigenvalue weighted by Crippen LogP contribution is 2.31. The first kappa shape index (κ1) is 17.9. The summed E-state index contributed by atoms with van der Waals surface area (Å²) in [6, 6.07) is 6.18. The molecule has 1 aromatic carbocycles. The Morgan fingerprint density at radius 1 is 1.04 bits per heavy atom. The van der Waals surface area contributed by atoms with Crippen LogP contribution >= 0.6 is 0 Å². The molecule has 0 unspecified atom stereocenters. The number of hydrogen-bond acceptors (Lipinski definition) is 6. The van der Waals surface area contributed by atoms with Crippen LogP contribution in [0.15, 0.2) is 30.6 Å². The molecule has 1 spiro atoms. The average molecular weight is 368 g/mol. The van der Waals surface area contributed by atoms with Gasteiger partial charge in [0.2, 0.25) is 5.95 Å². The molecular formula is C20H24N4O3. The van der Waals surface area contributed by atoms with E-state index >= 15 is 0 Å². The maximum atomic E-state index is 12.7. The largest absolute Gasteiger partial charge is 0.347 e. The molecule has 0 bridgehead atoms. The lowest BCUT2D eigenvalue weighted by Gasteiger charge is -2.37. The fraction of sp³-hybridized carbons (Fsp3) is 0.450. The molecule has 2 fully saturated rings. The minimum Gasteiger partial charge on any atom is -0.347 e. The van der Waals surface area contributed by atoms with Gasteiger partial charge in [-0.1, -0.05) is 6.07 Å². The number of nitrogens with zero attached hydrogens (tertiary/aromatic N) is 3. The van der Waals surface area contributed by atoms with Gasteiger partial charge in [-0.3, -0.25) is 4.79 Å². The van der Waals surface area contributed by atoms with Crippen molar-refractivity contribution < 1.29 is 14.3 Å². The number of nitrogens with one attached hydrogen (secondary N) is 1. The molecule has 7 nitrogen and oxygen atoms in total. The van der Waals surface area contributed by atoms with Gasteiger partial charge in [0.05, 0.1) is 18.8 Å². The number of amides is 1. The maximum Gasteiger partial charge on any atom is 0.256 e. The van der Waals surface area contributed by atoms with E-state index in [0.29, 0.717) is 50.7 Å². The monoisotopic (exact) mass is 368 g/mol. The van der Waals surface area contributed by atoms with Gasteiger partial charge in [-0.05, 0) is 37.1 Å². The fourth-order valence-electron chi connectivity index (χ4n) is 3.70. The summed E-state index contributed by atoms with van der Waals surface area (Å²) in [6.07, 6.45) is 4.55. The third-order valence-corrected chi connectivity index (χ3v) is 5.00. The minimum atomic E-state index is -0.479. The average Bonchev–Trinajstić information content (AvgIpc) is 3.10. The zero-order valence-corrected chi connectivity index (χ0v) is 15.7. The van der Waals surface area contributed by atoms with Crippen molar-refractivity contribution in [3.8, 4) is 0 Å². The quantitative estimate of drug-likeness (QED) is 0.898. The van der Waals surface area contributed by atoms with E-state index in [9.17, 15) is 4.79 Å². The highest BCUT2D eigenvalue weighted by Gasteiger charge is 2.40. The number of carbonyl (C=O) groups is 1. The summed E-state index contributed by atoms with van der Waals surface area (Å²) in [5.74, 6) is -0.0600. The summed E-state index contributed by atoms with van der Waals surface area (Å²) >= 11 is 0. The molecule has 4 rings (SSSR count). The summed E-state index contributed by atoms with van der Waals surface area (Å²) < 4.78 is 11.4. The molecule has 0 aliphatic carbocycles. The van der Waals surface area contributed by atoms with E-state index in [0.717, 1.165) is 5.69 Å². The molecule has 1 N–H and O–H groups in total. The summed E-state index contributed by atoms with van der Waals surface area (Å²) in [4.78, 5) is 23.1. The second-order valence-corrected chi connectivity index (χ2v) is 7.20. The molecule has 0 atom stereocenters. The number of aromatic nitrogens is 2. The zero-order chi connectivity index (χ0) is 18.9. The van der Waals surface area contributed by atoms with Crippen molar-refractivity contribution in [2.75, 3.05) is 31.6 Å². The van der Waals surface area contributed by atoms with E-state index < -0.39 is 5.79 Å². The Labute approximate surface area is 158 Å². The van der Waals surface area contributed by atoms with Crippen molar-refractivity contribution >= 4 is 17.5 Å². The fourth-order valence-corrected chi connectivity index (χ4v) is 3.70. The van der Waals surface area contributed by atoms with Crippen LogP contribution in [0, 0.1) is 13.8 Å². The van der Waals surface area contributed by atoms with Crippen molar-refractivity contribution in [1.29, 1.82) is 0 Å². The number of benzene rings is 1. The summed E-state index contributed by atoms with van der Waals surface area (Å²) in [5, 5.41) is 3.18. The van der Waals surface area contributed by atoms with Gasteiger partial charge in [-0.15, -0.1) is 0 Å². The topological polar surface area (TPSA) is 76.6 Å². The van der Waals surface area contributed by atoms with Gasteiger partial charge >= 0.3 is 0 Å². The Morgan fingerprint density at radius 3 is 2.22 bits per heavy atom. The predicted octanol–water partition coefficient (Wildman–Crippen LogP) is 2.82. The molecule has 1 aromatic heterocycles. The smallest absolute Gasteiger partial charge is 0.256 e. The van der Waals surface area contributed by atoms with Crippen molar-refractivity contribution in [3.63, 3.8) is 0 Å². The SMILES string of the molecule is Cc1cc(C)cc(Nc2ncc(C(=O)N3CCC4(CC3)OCCO4)cn2)c1. The number of carbonyl (C=O) groups excluding carboxylic acids is 1. The Balaban J connectivity index is 1.39. The van der Waals surface area contributed by atoms with Crippen LogP contribution in [0.2, 0.25) is 0 Å². The maximum absolute atomic E-state index is 12.7. The Hall–Kier alpha value is -2.51. The Kier molecular flexibility index (Phi) is 4.80. The second kappa shape index (κ2) is 7.25. The van der Waals surface area contributed by atoms with E-state index in [2.05, 4.69) is 21.4 Å². The van der Waals surface area contributed by atoms with E-state index in [1.165, 1.54) is 11.1 Å². The third-order valence-electron chi connectivity index (χ3n) is 5.00. The van der Waals surface area contributed by atoms with Crippen LogP contribution in [0.25, 0.3) is 0 Å². The number of aryl methyl sites for hydroxylation is 2. The third kappa shape index (κ3) is 3.94. The molecule has 2 aliphatic heterocycles. The Morgan fingerprint density at radius 2 is 1.63 bits per heavy atom. The van der Waals surface area contributed by atoms with Crippen LogP contribution in [-0.4, -0.2) is 52.9 Å². The normalized spacial score (nSPS) is 18.7. The lowest BCUT2D eigenvalue weighted by Crippen LogP contribution is -2.47. The van der Waals surface area contributed by atoms with E-state index in [1.54, 1.807) is 12.4 Å². The van der Waals surface area contributed by atoms with E-state index in [-0.39, 0.29) is 5.91 Å². The molecule has 2 aliphatic rings. The molecule has 7 heteroatoms. The van der Waals surface area contributed by atoms with Crippen molar-refractivity contribution in [1.82, 2.24) is 14.9 Å². The molecule has 0 saturated carbocycles. The van der Waals surface area contributed by atoms with Crippen molar-refractivity contribution in [2.45, 2.75) is 32.5 Å². The highest BCUT2D eigenvalue weighted by atomic mass is 16.7. The van der Waals surface area contributed by atoms with Gasteiger partial charge in [-0.25, -0.2) is 9.97 Å². The molecule has 1 amide bonds. The molecular weight excluding hydrogens is 344 g/mol. The van der Waals surface area contributed by atoms with Crippen LogP contribution in [0.5, 0.6) is 0 Å². The van der Waals surface area contributed by atoms with Crippen LogP contribution in [0.1, 0.15) is 34.3 Å². The van der Waals surface area contributed by atoms with Gasteiger partial charge in [0, 0.05) is 44.0 Å². The number of ether oxygens (including phenoxy) is 2. The van der Waals surface area contributed by atoms with Crippen LogP contribution < -0.4 is 5.32 Å². The van der Waals surface area contributed by atoms with E-state index in [1.807, 2.05) is 30.9 Å². The van der Waals surface area contributed by atoms with Gasteiger partial charge in [0.1, 0.15) is 0 Å². The number of hydrogen-bond donors (Lipinski definition) is 1. The molecule has 2 aromatic rings.